The summed E-state index contributed by atoms with van der Waals surface area (Å²) in [5, 5.41) is 16.6. The van der Waals surface area contributed by atoms with E-state index < -0.39 is 0 Å². The van der Waals surface area contributed by atoms with Crippen molar-refractivity contribution in [2.24, 2.45) is 0 Å². The highest BCUT2D eigenvalue weighted by molar-refractivity contribution is 5.05. The van der Waals surface area contributed by atoms with Crippen molar-refractivity contribution >= 4 is 0 Å². The molecule has 1 saturated heterocycles. The van der Waals surface area contributed by atoms with Crippen molar-refractivity contribution < 1.29 is 9.84 Å². The SMILES string of the molecule is OCCc1nncc(C2CCOCC2)n1. The average Bonchev–Trinajstić information content (AvgIpc) is 2.31. The van der Waals surface area contributed by atoms with Crippen LogP contribution in [0.4, 0.5) is 0 Å². The Kier molecular flexibility index (Phi) is 3.58. The maximum Gasteiger partial charge on any atom is 0.153 e. The first-order valence-corrected chi connectivity index (χ1v) is 5.27. The minimum Gasteiger partial charge on any atom is -0.396 e. The molecule has 1 aliphatic rings. The maximum absolute atomic E-state index is 8.79. The monoisotopic (exact) mass is 209 g/mol. The largest absolute Gasteiger partial charge is 0.396 e. The van der Waals surface area contributed by atoms with Crippen molar-refractivity contribution in [3.05, 3.63) is 17.7 Å². The van der Waals surface area contributed by atoms with Crippen LogP contribution in [0.25, 0.3) is 0 Å². The standard InChI is InChI=1S/C10H15N3O2/c14-4-1-10-12-9(7-11-13-10)8-2-5-15-6-3-8/h7-8,14H,1-6H2. The van der Waals surface area contributed by atoms with Crippen molar-refractivity contribution in [3.63, 3.8) is 0 Å². The van der Waals surface area contributed by atoms with E-state index in [0.29, 0.717) is 18.2 Å². The molecule has 1 aromatic rings. The van der Waals surface area contributed by atoms with Crippen molar-refractivity contribution in [2.75, 3.05) is 19.8 Å². The third-order valence-electron chi connectivity index (χ3n) is 2.60. The third-order valence-corrected chi connectivity index (χ3v) is 2.60. The minimum atomic E-state index is 0.0684. The van der Waals surface area contributed by atoms with E-state index in [0.717, 1.165) is 31.7 Å². The van der Waals surface area contributed by atoms with Crippen LogP contribution in [0.15, 0.2) is 6.20 Å². The highest BCUT2D eigenvalue weighted by Crippen LogP contribution is 2.24. The Morgan fingerprint density at radius 2 is 2.20 bits per heavy atom. The smallest absolute Gasteiger partial charge is 0.153 e. The highest BCUT2D eigenvalue weighted by Gasteiger charge is 2.17. The molecule has 15 heavy (non-hydrogen) atoms. The van der Waals surface area contributed by atoms with Gasteiger partial charge in [-0.05, 0) is 12.8 Å². The lowest BCUT2D eigenvalue weighted by Gasteiger charge is -2.21. The maximum atomic E-state index is 8.79. The van der Waals surface area contributed by atoms with Gasteiger partial charge in [-0.15, -0.1) is 5.10 Å². The lowest BCUT2D eigenvalue weighted by molar-refractivity contribution is 0.0843. The predicted molar refractivity (Wildman–Crippen MR) is 53.4 cm³/mol. The number of nitrogens with zero attached hydrogens (tertiary/aromatic N) is 3. The molecule has 1 aliphatic heterocycles. The Labute approximate surface area is 88.5 Å². The van der Waals surface area contributed by atoms with Gasteiger partial charge in [-0.1, -0.05) is 0 Å². The molecule has 82 valence electrons. The molecule has 1 N–H and O–H groups in total. The zero-order valence-electron chi connectivity index (χ0n) is 8.59. The van der Waals surface area contributed by atoms with Crippen LogP contribution in [0.5, 0.6) is 0 Å². The van der Waals surface area contributed by atoms with Crippen LogP contribution in [-0.4, -0.2) is 40.1 Å². The first kappa shape index (κ1) is 10.4. The van der Waals surface area contributed by atoms with E-state index in [9.17, 15) is 0 Å². The molecule has 0 amide bonds. The lowest BCUT2D eigenvalue weighted by atomic mass is 9.97. The van der Waals surface area contributed by atoms with Gasteiger partial charge in [0.1, 0.15) is 0 Å². The van der Waals surface area contributed by atoms with Crippen molar-refractivity contribution in [1.82, 2.24) is 15.2 Å². The highest BCUT2D eigenvalue weighted by atomic mass is 16.5. The molecule has 0 spiro atoms. The summed E-state index contributed by atoms with van der Waals surface area (Å²) < 4.78 is 5.30. The topological polar surface area (TPSA) is 68.1 Å². The van der Waals surface area contributed by atoms with Gasteiger partial charge in [-0.2, -0.15) is 5.10 Å². The van der Waals surface area contributed by atoms with Crippen molar-refractivity contribution in [1.29, 1.82) is 0 Å². The zero-order chi connectivity index (χ0) is 10.5. The normalized spacial score (nSPS) is 17.9. The second-order valence-electron chi connectivity index (χ2n) is 3.66. The van der Waals surface area contributed by atoms with Gasteiger partial charge in [-0.3, -0.25) is 0 Å². The van der Waals surface area contributed by atoms with Crippen LogP contribution in [0.1, 0.15) is 30.3 Å². The first-order chi connectivity index (χ1) is 7.40. The molecule has 0 atom stereocenters. The Hall–Kier alpha value is -1.07. The Bertz CT molecular complexity index is 313. The number of hydrogen-bond acceptors (Lipinski definition) is 5. The summed E-state index contributed by atoms with van der Waals surface area (Å²) >= 11 is 0. The molecule has 5 heteroatoms. The summed E-state index contributed by atoms with van der Waals surface area (Å²) in [7, 11) is 0. The molecule has 2 rings (SSSR count). The second kappa shape index (κ2) is 5.14. The third kappa shape index (κ3) is 2.70. The molecule has 2 heterocycles. The summed E-state index contributed by atoms with van der Waals surface area (Å²) in [6.07, 6.45) is 4.19. The van der Waals surface area contributed by atoms with Gasteiger partial charge >= 0.3 is 0 Å². The fourth-order valence-corrected chi connectivity index (χ4v) is 1.75. The van der Waals surface area contributed by atoms with Gasteiger partial charge in [-0.25, -0.2) is 4.98 Å². The quantitative estimate of drug-likeness (QED) is 0.775. The van der Waals surface area contributed by atoms with Crippen LogP contribution in [-0.2, 0) is 11.2 Å². The van der Waals surface area contributed by atoms with E-state index >= 15 is 0 Å². The summed E-state index contributed by atoms with van der Waals surface area (Å²) in [5.41, 5.74) is 0.983. The number of aliphatic hydroxyl groups is 1. The van der Waals surface area contributed by atoms with Crippen molar-refractivity contribution in [3.8, 4) is 0 Å². The van der Waals surface area contributed by atoms with E-state index in [1.165, 1.54) is 0 Å². The summed E-state index contributed by atoms with van der Waals surface area (Å²) in [6.45, 7) is 1.66. The van der Waals surface area contributed by atoms with Gasteiger partial charge in [0.25, 0.3) is 0 Å². The van der Waals surface area contributed by atoms with Gasteiger partial charge in [0.05, 0.1) is 18.5 Å². The fraction of sp³-hybridized carbons (Fsp3) is 0.700. The van der Waals surface area contributed by atoms with E-state index in [1.807, 2.05) is 0 Å². The number of hydrogen-bond donors (Lipinski definition) is 1. The zero-order valence-corrected chi connectivity index (χ0v) is 8.59. The van der Waals surface area contributed by atoms with Crippen molar-refractivity contribution in [2.45, 2.75) is 25.2 Å². The van der Waals surface area contributed by atoms with E-state index in [1.54, 1.807) is 6.20 Å². The fourth-order valence-electron chi connectivity index (χ4n) is 1.75. The second-order valence-corrected chi connectivity index (χ2v) is 3.66. The van der Waals surface area contributed by atoms with Crippen LogP contribution >= 0.6 is 0 Å². The van der Waals surface area contributed by atoms with E-state index in [2.05, 4.69) is 15.2 Å². The molecule has 0 unspecified atom stereocenters. The van der Waals surface area contributed by atoms with E-state index in [4.69, 9.17) is 9.84 Å². The molecular formula is C10H15N3O2. The van der Waals surface area contributed by atoms with Crippen LogP contribution < -0.4 is 0 Å². The molecule has 0 aromatic carbocycles. The minimum absolute atomic E-state index is 0.0684. The van der Waals surface area contributed by atoms with Crippen LogP contribution in [0.2, 0.25) is 0 Å². The van der Waals surface area contributed by atoms with Gasteiger partial charge in [0.2, 0.25) is 0 Å². The Morgan fingerprint density at radius 3 is 2.93 bits per heavy atom. The molecule has 0 saturated carbocycles. The number of rotatable bonds is 3. The van der Waals surface area contributed by atoms with Gasteiger partial charge in [0.15, 0.2) is 5.82 Å². The molecule has 1 fully saturated rings. The lowest BCUT2D eigenvalue weighted by Crippen LogP contribution is -2.16. The van der Waals surface area contributed by atoms with E-state index in [-0.39, 0.29) is 6.61 Å². The Balaban J connectivity index is 2.09. The summed E-state index contributed by atoms with van der Waals surface area (Å²) in [6, 6.07) is 0. The number of aliphatic hydroxyl groups excluding tert-OH is 1. The van der Waals surface area contributed by atoms with Crippen LogP contribution in [0.3, 0.4) is 0 Å². The summed E-state index contributed by atoms with van der Waals surface area (Å²) in [4.78, 5) is 4.40. The molecular weight excluding hydrogens is 194 g/mol. The van der Waals surface area contributed by atoms with Gasteiger partial charge < -0.3 is 9.84 Å². The number of ether oxygens (including phenoxy) is 1. The molecule has 1 aromatic heterocycles. The van der Waals surface area contributed by atoms with Gasteiger partial charge in [0, 0.05) is 25.6 Å². The number of aromatic nitrogens is 3. The summed E-state index contributed by atoms with van der Waals surface area (Å²) in [5.74, 6) is 1.06. The molecule has 5 nitrogen and oxygen atoms in total. The average molecular weight is 209 g/mol. The predicted octanol–water partition coefficient (Wildman–Crippen LogP) is 0.300. The Morgan fingerprint density at radius 1 is 1.40 bits per heavy atom. The molecule has 0 radical (unpaired) electrons. The van der Waals surface area contributed by atoms with Crippen LogP contribution in [0, 0.1) is 0 Å². The first-order valence-electron chi connectivity index (χ1n) is 5.27. The molecule has 0 bridgehead atoms. The molecule has 0 aliphatic carbocycles.